The van der Waals surface area contributed by atoms with Crippen molar-refractivity contribution in [2.45, 2.75) is 30.2 Å². The van der Waals surface area contributed by atoms with Gasteiger partial charge >= 0.3 is 59.1 Å². The van der Waals surface area contributed by atoms with Gasteiger partial charge in [-0.25, -0.2) is 16.8 Å². The van der Waals surface area contributed by atoms with Gasteiger partial charge in [-0.05, 0) is 50.2 Å². The standard InChI is InChI=1S/C25H29N3O4S2.2Na/c1-21-8-12-24(13-9-21)33(29,30)27-17-16-26-18-19-28(20-23-6-4-3-5-7-23)34(31,32)25-14-10-22(2)11-15-25;;/h3-15H,16-20H2,1-2H3;;/q-2;2*+1. The molecule has 0 spiro atoms. The van der Waals surface area contributed by atoms with Crippen molar-refractivity contribution < 1.29 is 76.0 Å². The summed E-state index contributed by atoms with van der Waals surface area (Å²) in [6.45, 7) is 4.62. The van der Waals surface area contributed by atoms with Gasteiger partial charge in [-0.3, -0.25) is 0 Å². The number of aryl methyl sites for hydroxylation is 2. The monoisotopic (exact) mass is 545 g/mol. The molecule has 0 aliphatic rings. The summed E-state index contributed by atoms with van der Waals surface area (Å²) in [5.41, 5.74) is 2.82. The number of hydrogen-bond acceptors (Lipinski definition) is 4. The first-order chi connectivity index (χ1) is 16.2. The van der Waals surface area contributed by atoms with Crippen molar-refractivity contribution in [2.75, 3.05) is 26.2 Å². The minimum absolute atomic E-state index is 0. The predicted octanol–water partition coefficient (Wildman–Crippen LogP) is -1.36. The van der Waals surface area contributed by atoms with Crippen molar-refractivity contribution in [2.24, 2.45) is 0 Å². The molecule has 11 heteroatoms. The largest absolute Gasteiger partial charge is 1.00 e. The summed E-state index contributed by atoms with van der Waals surface area (Å²) in [4.78, 5) is 0.379. The Bertz CT molecular complexity index is 1270. The van der Waals surface area contributed by atoms with Crippen molar-refractivity contribution in [3.8, 4) is 0 Å². The zero-order valence-electron chi connectivity index (χ0n) is 21.3. The van der Waals surface area contributed by atoms with E-state index in [2.05, 4.69) is 10.0 Å². The molecule has 3 aromatic rings. The molecule has 0 atom stereocenters. The van der Waals surface area contributed by atoms with Gasteiger partial charge in [0.2, 0.25) is 10.0 Å². The van der Waals surface area contributed by atoms with Gasteiger partial charge in [-0.15, -0.1) is 6.54 Å². The molecule has 0 heterocycles. The zero-order chi connectivity index (χ0) is 24.6. The van der Waals surface area contributed by atoms with E-state index in [1.165, 1.54) is 16.4 Å². The summed E-state index contributed by atoms with van der Waals surface area (Å²) >= 11 is 0. The van der Waals surface area contributed by atoms with E-state index in [9.17, 15) is 16.8 Å². The van der Waals surface area contributed by atoms with Crippen molar-refractivity contribution >= 4 is 20.0 Å². The van der Waals surface area contributed by atoms with Crippen LogP contribution < -0.4 is 59.1 Å². The summed E-state index contributed by atoms with van der Waals surface area (Å²) < 4.78 is 56.3. The molecule has 0 radical (unpaired) electrons. The van der Waals surface area contributed by atoms with E-state index in [0.29, 0.717) is 0 Å². The second-order valence-corrected chi connectivity index (χ2v) is 11.6. The maximum Gasteiger partial charge on any atom is 1.00 e. The molecule has 0 amide bonds. The Balaban J connectivity index is 0.00000324. The Labute approximate surface area is 259 Å². The Morgan fingerprint density at radius 3 is 1.75 bits per heavy atom. The molecular formula is C25H29N3Na2O4S2. The Morgan fingerprint density at radius 1 is 0.667 bits per heavy atom. The molecule has 3 rings (SSSR count). The van der Waals surface area contributed by atoms with Crippen molar-refractivity contribution in [3.05, 3.63) is 106 Å². The minimum Gasteiger partial charge on any atom is -0.663 e. The summed E-state index contributed by atoms with van der Waals surface area (Å²) in [7, 11) is -7.44. The van der Waals surface area contributed by atoms with E-state index in [0.717, 1.165) is 16.7 Å². The molecule has 0 bridgehead atoms. The summed E-state index contributed by atoms with van der Waals surface area (Å²) in [5, 5.41) is 4.32. The van der Waals surface area contributed by atoms with Crippen LogP contribution in [0.15, 0.2) is 88.7 Å². The number of benzene rings is 3. The van der Waals surface area contributed by atoms with Gasteiger partial charge < -0.3 is 10.0 Å². The maximum atomic E-state index is 13.3. The molecule has 0 unspecified atom stereocenters. The van der Waals surface area contributed by atoms with E-state index in [-0.39, 0.29) is 102 Å². The van der Waals surface area contributed by atoms with Crippen LogP contribution in [0.5, 0.6) is 0 Å². The molecule has 0 N–H and O–H groups in total. The third-order valence-corrected chi connectivity index (χ3v) is 8.46. The molecule has 0 aliphatic heterocycles. The molecule has 7 nitrogen and oxygen atoms in total. The zero-order valence-corrected chi connectivity index (χ0v) is 27.0. The number of rotatable bonds is 12. The first-order valence-corrected chi connectivity index (χ1v) is 13.8. The fourth-order valence-electron chi connectivity index (χ4n) is 3.24. The minimum atomic E-state index is -3.73. The van der Waals surface area contributed by atoms with Crippen LogP contribution in [-0.2, 0) is 26.6 Å². The average Bonchev–Trinajstić information content (AvgIpc) is 2.81. The normalized spacial score (nSPS) is 11.5. The topological polar surface area (TPSA) is 99.7 Å². The van der Waals surface area contributed by atoms with Gasteiger partial charge in [0, 0.05) is 11.4 Å². The Hall–Kier alpha value is -0.560. The fraction of sp³-hybridized carbons (Fsp3) is 0.280. The van der Waals surface area contributed by atoms with Gasteiger partial charge in [0.25, 0.3) is 0 Å². The van der Waals surface area contributed by atoms with Crippen LogP contribution in [0, 0.1) is 13.8 Å². The summed E-state index contributed by atoms with van der Waals surface area (Å²) in [6.07, 6.45) is 0. The Morgan fingerprint density at radius 2 is 1.19 bits per heavy atom. The predicted molar refractivity (Wildman–Crippen MR) is 135 cm³/mol. The van der Waals surface area contributed by atoms with Crippen LogP contribution >= 0.6 is 0 Å². The SMILES string of the molecule is Cc1ccc(S(=O)(=O)[N-]CC[N-]CCN(Cc2ccccc2)S(=O)(=O)c2ccc(C)cc2)cc1.[Na+].[Na+]. The molecule has 182 valence electrons. The quantitative estimate of drug-likeness (QED) is 0.207. The van der Waals surface area contributed by atoms with Crippen LogP contribution in [-0.4, -0.2) is 47.3 Å². The number of hydrogen-bond donors (Lipinski definition) is 0. The van der Waals surface area contributed by atoms with Crippen LogP contribution in [0.2, 0.25) is 0 Å². The second kappa shape index (κ2) is 15.8. The molecule has 0 saturated heterocycles. The van der Waals surface area contributed by atoms with Gasteiger partial charge in [0.15, 0.2) is 0 Å². The molecule has 36 heavy (non-hydrogen) atoms. The van der Waals surface area contributed by atoms with Gasteiger partial charge in [0.05, 0.1) is 4.90 Å². The van der Waals surface area contributed by atoms with Crippen LogP contribution in [0.4, 0.5) is 0 Å². The third-order valence-electron chi connectivity index (χ3n) is 5.21. The molecule has 0 aromatic heterocycles. The summed E-state index contributed by atoms with van der Waals surface area (Å²) in [5.74, 6) is 0. The Kier molecular flexibility index (Phi) is 14.6. The molecule has 3 aromatic carbocycles. The summed E-state index contributed by atoms with van der Waals surface area (Å²) in [6, 6.07) is 22.6. The first kappa shape index (κ1) is 33.5. The van der Waals surface area contributed by atoms with Crippen molar-refractivity contribution in [1.29, 1.82) is 0 Å². The van der Waals surface area contributed by atoms with E-state index >= 15 is 0 Å². The molecule has 0 fully saturated rings. The van der Waals surface area contributed by atoms with Crippen molar-refractivity contribution in [1.82, 2.24) is 4.31 Å². The molecule has 0 saturated carbocycles. The number of nitrogens with zero attached hydrogens (tertiary/aromatic N) is 3. The van der Waals surface area contributed by atoms with E-state index < -0.39 is 20.0 Å². The van der Waals surface area contributed by atoms with Gasteiger partial charge in [-0.2, -0.15) is 17.4 Å². The van der Waals surface area contributed by atoms with Crippen molar-refractivity contribution in [3.63, 3.8) is 0 Å². The van der Waals surface area contributed by atoms with E-state index in [1.54, 1.807) is 36.4 Å². The van der Waals surface area contributed by atoms with Gasteiger partial charge in [-0.1, -0.05) is 65.7 Å². The van der Waals surface area contributed by atoms with Gasteiger partial charge in [0.1, 0.15) is 10.0 Å². The van der Waals surface area contributed by atoms with Crippen LogP contribution in [0.25, 0.3) is 10.0 Å². The van der Waals surface area contributed by atoms with E-state index in [4.69, 9.17) is 0 Å². The fourth-order valence-corrected chi connectivity index (χ4v) is 5.61. The van der Waals surface area contributed by atoms with Crippen LogP contribution in [0.1, 0.15) is 16.7 Å². The third kappa shape index (κ3) is 9.96. The maximum absolute atomic E-state index is 13.3. The average molecular weight is 546 g/mol. The van der Waals surface area contributed by atoms with E-state index in [1.807, 2.05) is 44.2 Å². The second-order valence-electron chi connectivity index (χ2n) is 7.95. The number of sulfonamides is 2. The first-order valence-electron chi connectivity index (χ1n) is 10.9. The smallest absolute Gasteiger partial charge is 0.663 e. The molecular weight excluding hydrogens is 516 g/mol. The molecule has 0 aliphatic carbocycles. The van der Waals surface area contributed by atoms with Crippen LogP contribution in [0.3, 0.4) is 0 Å².